The molecule has 2 amide bonds. The number of aryl methyl sites for hydroxylation is 2. The Bertz CT molecular complexity index is 976. The summed E-state index contributed by atoms with van der Waals surface area (Å²) in [6.45, 7) is 6.66. The number of nitrogens with zero attached hydrogens (tertiary/aromatic N) is 6. The van der Waals surface area contributed by atoms with Gasteiger partial charge in [0.1, 0.15) is 12.1 Å². The minimum atomic E-state index is -0.0688. The van der Waals surface area contributed by atoms with Gasteiger partial charge in [0.2, 0.25) is 0 Å². The summed E-state index contributed by atoms with van der Waals surface area (Å²) in [5.74, 6) is 1.58. The highest BCUT2D eigenvalue weighted by atomic mass is 16.2. The van der Waals surface area contributed by atoms with Gasteiger partial charge in [-0.15, -0.1) is 0 Å². The lowest BCUT2D eigenvalue weighted by Crippen LogP contribution is -2.50. The normalized spacial score (nSPS) is 14.2. The van der Waals surface area contributed by atoms with Crippen LogP contribution in [0.3, 0.4) is 0 Å². The van der Waals surface area contributed by atoms with Gasteiger partial charge in [0.15, 0.2) is 5.82 Å². The SMILES string of the molecule is Cc1cccc(NC(=O)N2CCN(c3cc(-n4ccc(C)n4)ncn3)CC2)c1. The van der Waals surface area contributed by atoms with Crippen molar-refractivity contribution in [3.05, 3.63) is 60.2 Å². The molecule has 1 aromatic carbocycles. The Morgan fingerprint density at radius 1 is 1.00 bits per heavy atom. The maximum atomic E-state index is 12.5. The zero-order chi connectivity index (χ0) is 19.5. The third kappa shape index (κ3) is 3.95. The smallest absolute Gasteiger partial charge is 0.321 e. The van der Waals surface area contributed by atoms with Crippen molar-refractivity contribution < 1.29 is 4.79 Å². The number of hydrogen-bond acceptors (Lipinski definition) is 5. The molecule has 0 atom stereocenters. The van der Waals surface area contributed by atoms with E-state index in [0.717, 1.165) is 41.7 Å². The van der Waals surface area contributed by atoms with Gasteiger partial charge in [-0.3, -0.25) is 0 Å². The molecule has 1 aliphatic rings. The van der Waals surface area contributed by atoms with Crippen molar-refractivity contribution in [1.82, 2.24) is 24.6 Å². The molecule has 144 valence electrons. The summed E-state index contributed by atoms with van der Waals surface area (Å²) in [6, 6.07) is 11.6. The molecule has 4 rings (SSSR count). The van der Waals surface area contributed by atoms with Crippen LogP contribution in [-0.4, -0.2) is 56.9 Å². The zero-order valence-electron chi connectivity index (χ0n) is 16.0. The van der Waals surface area contributed by atoms with Crippen LogP contribution in [0.25, 0.3) is 5.82 Å². The number of benzene rings is 1. The number of carbonyl (C=O) groups excluding carboxylic acids is 1. The van der Waals surface area contributed by atoms with Crippen LogP contribution in [0.4, 0.5) is 16.3 Å². The quantitative estimate of drug-likeness (QED) is 0.759. The molecule has 8 nitrogen and oxygen atoms in total. The van der Waals surface area contributed by atoms with Gasteiger partial charge in [0, 0.05) is 44.1 Å². The Morgan fingerprint density at radius 2 is 1.79 bits per heavy atom. The second kappa shape index (κ2) is 7.67. The van der Waals surface area contributed by atoms with E-state index in [2.05, 4.69) is 25.3 Å². The molecule has 0 bridgehead atoms. The lowest BCUT2D eigenvalue weighted by atomic mass is 10.2. The Morgan fingerprint density at radius 3 is 2.50 bits per heavy atom. The summed E-state index contributed by atoms with van der Waals surface area (Å²) in [5.41, 5.74) is 2.88. The van der Waals surface area contributed by atoms with E-state index in [0.29, 0.717) is 13.1 Å². The highest BCUT2D eigenvalue weighted by Gasteiger charge is 2.22. The lowest BCUT2D eigenvalue weighted by Gasteiger charge is -2.35. The molecule has 8 heteroatoms. The first kappa shape index (κ1) is 18.0. The highest BCUT2D eigenvalue weighted by Crippen LogP contribution is 2.17. The topological polar surface area (TPSA) is 79.2 Å². The lowest BCUT2D eigenvalue weighted by molar-refractivity contribution is 0.208. The standard InChI is InChI=1S/C20H23N7O/c1-15-4-3-5-17(12-15)23-20(28)26-10-8-25(9-11-26)18-13-19(22-14-21-18)27-7-6-16(2)24-27/h3-7,12-14H,8-11H2,1-2H3,(H,23,28). The molecule has 0 radical (unpaired) electrons. The second-order valence-corrected chi connectivity index (χ2v) is 6.91. The molecule has 1 N–H and O–H groups in total. The molecule has 1 fully saturated rings. The minimum Gasteiger partial charge on any atom is -0.353 e. The first-order valence-corrected chi connectivity index (χ1v) is 9.31. The molecular weight excluding hydrogens is 354 g/mol. The fourth-order valence-corrected chi connectivity index (χ4v) is 3.24. The monoisotopic (exact) mass is 377 g/mol. The predicted octanol–water partition coefficient (Wildman–Crippen LogP) is 2.63. The van der Waals surface area contributed by atoms with E-state index in [1.165, 1.54) is 0 Å². The van der Waals surface area contributed by atoms with E-state index in [-0.39, 0.29) is 6.03 Å². The molecule has 1 saturated heterocycles. The number of carbonyl (C=O) groups is 1. The number of piperazine rings is 1. The number of nitrogens with one attached hydrogen (secondary N) is 1. The van der Waals surface area contributed by atoms with E-state index >= 15 is 0 Å². The van der Waals surface area contributed by atoms with Crippen LogP contribution < -0.4 is 10.2 Å². The molecular formula is C20H23N7O. The van der Waals surface area contributed by atoms with Gasteiger partial charge < -0.3 is 15.1 Å². The van der Waals surface area contributed by atoms with Crippen molar-refractivity contribution in [2.24, 2.45) is 0 Å². The third-order valence-corrected chi connectivity index (χ3v) is 4.76. The number of urea groups is 1. The van der Waals surface area contributed by atoms with Crippen molar-refractivity contribution in [1.29, 1.82) is 0 Å². The van der Waals surface area contributed by atoms with Crippen LogP contribution in [0.2, 0.25) is 0 Å². The van der Waals surface area contributed by atoms with E-state index in [4.69, 9.17) is 0 Å². The van der Waals surface area contributed by atoms with Crippen LogP contribution in [0.5, 0.6) is 0 Å². The first-order chi connectivity index (χ1) is 13.6. The Balaban J connectivity index is 1.38. The number of hydrogen-bond donors (Lipinski definition) is 1. The molecule has 1 aliphatic heterocycles. The molecule has 0 saturated carbocycles. The zero-order valence-corrected chi connectivity index (χ0v) is 16.0. The summed E-state index contributed by atoms with van der Waals surface area (Å²) < 4.78 is 1.74. The van der Waals surface area contributed by atoms with Crippen molar-refractivity contribution in [3.63, 3.8) is 0 Å². The van der Waals surface area contributed by atoms with E-state index in [9.17, 15) is 4.79 Å². The molecule has 2 aromatic heterocycles. The van der Waals surface area contributed by atoms with E-state index < -0.39 is 0 Å². The maximum absolute atomic E-state index is 12.5. The summed E-state index contributed by atoms with van der Waals surface area (Å²) >= 11 is 0. The van der Waals surface area contributed by atoms with Gasteiger partial charge in [-0.25, -0.2) is 19.4 Å². The van der Waals surface area contributed by atoms with Gasteiger partial charge in [-0.2, -0.15) is 5.10 Å². The summed E-state index contributed by atoms with van der Waals surface area (Å²) in [4.78, 5) is 25.2. The summed E-state index contributed by atoms with van der Waals surface area (Å²) in [5, 5.41) is 7.37. The number of amides is 2. The van der Waals surface area contributed by atoms with Crippen molar-refractivity contribution in [2.75, 3.05) is 36.4 Å². The highest BCUT2D eigenvalue weighted by molar-refractivity contribution is 5.89. The van der Waals surface area contributed by atoms with Crippen molar-refractivity contribution >= 4 is 17.5 Å². The maximum Gasteiger partial charge on any atom is 0.321 e. The minimum absolute atomic E-state index is 0.0688. The Kier molecular flexibility index (Phi) is 4.92. The van der Waals surface area contributed by atoms with Crippen molar-refractivity contribution in [3.8, 4) is 5.82 Å². The van der Waals surface area contributed by atoms with Gasteiger partial charge in [0.25, 0.3) is 0 Å². The number of rotatable bonds is 3. The van der Waals surface area contributed by atoms with Crippen molar-refractivity contribution in [2.45, 2.75) is 13.8 Å². The molecule has 0 spiro atoms. The largest absolute Gasteiger partial charge is 0.353 e. The molecule has 0 aliphatic carbocycles. The predicted molar refractivity (Wildman–Crippen MR) is 108 cm³/mol. The number of anilines is 2. The average Bonchev–Trinajstić information content (AvgIpc) is 3.15. The Hall–Kier alpha value is -3.42. The van der Waals surface area contributed by atoms with Crippen LogP contribution in [-0.2, 0) is 0 Å². The van der Waals surface area contributed by atoms with E-state index in [1.54, 1.807) is 11.0 Å². The van der Waals surface area contributed by atoms with Gasteiger partial charge in [-0.1, -0.05) is 12.1 Å². The van der Waals surface area contributed by atoms with Crippen LogP contribution in [0.1, 0.15) is 11.3 Å². The Labute approximate surface area is 163 Å². The van der Waals surface area contributed by atoms with Gasteiger partial charge >= 0.3 is 6.03 Å². The van der Waals surface area contributed by atoms with Gasteiger partial charge in [0.05, 0.1) is 5.69 Å². The van der Waals surface area contributed by atoms with Crippen LogP contribution >= 0.6 is 0 Å². The fourth-order valence-electron chi connectivity index (χ4n) is 3.24. The molecule has 0 unspecified atom stereocenters. The fraction of sp³-hybridized carbons (Fsp3) is 0.300. The third-order valence-electron chi connectivity index (χ3n) is 4.76. The molecule has 3 aromatic rings. The molecule has 3 heterocycles. The average molecular weight is 377 g/mol. The second-order valence-electron chi connectivity index (χ2n) is 6.91. The van der Waals surface area contributed by atoms with Crippen LogP contribution in [0, 0.1) is 13.8 Å². The van der Waals surface area contributed by atoms with Crippen LogP contribution in [0.15, 0.2) is 48.9 Å². The van der Waals surface area contributed by atoms with E-state index in [1.807, 2.05) is 61.3 Å². The number of aromatic nitrogens is 4. The summed E-state index contributed by atoms with van der Waals surface area (Å²) in [6.07, 6.45) is 3.44. The van der Waals surface area contributed by atoms with Gasteiger partial charge in [-0.05, 0) is 37.6 Å². The summed E-state index contributed by atoms with van der Waals surface area (Å²) in [7, 11) is 0. The first-order valence-electron chi connectivity index (χ1n) is 9.31. The molecule has 28 heavy (non-hydrogen) atoms.